The maximum absolute atomic E-state index is 10.0. The third kappa shape index (κ3) is 4.70. The summed E-state index contributed by atoms with van der Waals surface area (Å²) in [6, 6.07) is 14.1. The minimum absolute atomic E-state index is 0.273. The van der Waals surface area contributed by atoms with E-state index in [4.69, 9.17) is 9.47 Å². The van der Waals surface area contributed by atoms with Crippen LogP contribution in [0.2, 0.25) is 0 Å². The second-order valence-electron chi connectivity index (χ2n) is 11.5. The number of phenolic OH excluding ortho intramolecular Hbond substituents is 1. The van der Waals surface area contributed by atoms with Gasteiger partial charge in [-0.25, -0.2) is 0 Å². The van der Waals surface area contributed by atoms with Gasteiger partial charge in [-0.15, -0.1) is 0 Å². The van der Waals surface area contributed by atoms with Crippen molar-refractivity contribution in [3.05, 3.63) is 65.2 Å². The number of nitrogens with zero attached hydrogens (tertiary/aromatic N) is 1. The summed E-state index contributed by atoms with van der Waals surface area (Å²) in [5.41, 5.74) is 4.74. The first-order valence-electron chi connectivity index (χ1n) is 13.4. The van der Waals surface area contributed by atoms with E-state index in [0.29, 0.717) is 30.8 Å². The van der Waals surface area contributed by atoms with Gasteiger partial charge in [-0.05, 0) is 117 Å². The minimum atomic E-state index is 0.273. The zero-order valence-electron chi connectivity index (χ0n) is 21.8. The number of allylic oxidation sites excluding steroid dienone is 1. The third-order valence-electron chi connectivity index (χ3n) is 9.12. The van der Waals surface area contributed by atoms with Crippen LogP contribution in [0.1, 0.15) is 56.6 Å². The highest BCUT2D eigenvalue weighted by Gasteiger charge is 2.54. The molecule has 4 heteroatoms. The van der Waals surface area contributed by atoms with Crippen LogP contribution >= 0.6 is 0 Å². The minimum Gasteiger partial charge on any atom is -0.508 e. The summed E-state index contributed by atoms with van der Waals surface area (Å²) in [5, 5.41) is 10.0. The lowest BCUT2D eigenvalue weighted by atomic mass is 9.52. The van der Waals surface area contributed by atoms with E-state index in [9.17, 15) is 5.11 Å². The summed E-state index contributed by atoms with van der Waals surface area (Å²) in [6.07, 6.45) is 8.40. The normalized spacial score (nSPS) is 30.6. The van der Waals surface area contributed by atoms with E-state index in [1.165, 1.54) is 36.8 Å². The van der Waals surface area contributed by atoms with Crippen LogP contribution in [0.3, 0.4) is 0 Å². The summed E-state index contributed by atoms with van der Waals surface area (Å²) < 4.78 is 12.2. The quantitative estimate of drug-likeness (QED) is 0.468. The van der Waals surface area contributed by atoms with Crippen molar-refractivity contribution in [2.24, 2.45) is 23.2 Å². The Hall–Kier alpha value is -2.46. The van der Waals surface area contributed by atoms with Crippen molar-refractivity contribution in [2.75, 3.05) is 33.9 Å². The Morgan fingerprint density at radius 3 is 2.63 bits per heavy atom. The molecule has 0 spiro atoms. The Morgan fingerprint density at radius 2 is 1.86 bits per heavy atom. The molecule has 2 saturated carbocycles. The van der Waals surface area contributed by atoms with Crippen molar-refractivity contribution in [2.45, 2.75) is 51.9 Å². The summed E-state index contributed by atoms with van der Waals surface area (Å²) in [7, 11) is 4.11. The fraction of sp³-hybridized carbons (Fsp3) is 0.548. The van der Waals surface area contributed by atoms with Gasteiger partial charge in [-0.3, -0.25) is 0 Å². The lowest BCUT2D eigenvalue weighted by Gasteiger charge is -2.52. The average molecular weight is 476 g/mol. The zero-order valence-corrected chi connectivity index (χ0v) is 21.8. The number of fused-ring (bicyclic) bond motifs is 5. The number of para-hydroxylation sites is 2. The van der Waals surface area contributed by atoms with E-state index < -0.39 is 0 Å². The van der Waals surface area contributed by atoms with Gasteiger partial charge in [0.05, 0.1) is 0 Å². The highest BCUT2D eigenvalue weighted by Crippen LogP contribution is 2.63. The molecule has 0 aliphatic heterocycles. The van der Waals surface area contributed by atoms with E-state index in [1.807, 2.05) is 36.4 Å². The van der Waals surface area contributed by atoms with Crippen molar-refractivity contribution < 1.29 is 14.6 Å². The van der Waals surface area contributed by atoms with Crippen LogP contribution in [0, 0.1) is 23.2 Å². The maximum atomic E-state index is 10.0. The number of phenols is 1. The van der Waals surface area contributed by atoms with Crippen LogP contribution in [0.15, 0.2) is 54.1 Å². The Morgan fingerprint density at radius 1 is 1.09 bits per heavy atom. The molecule has 4 nitrogen and oxygen atoms in total. The highest BCUT2D eigenvalue weighted by molar-refractivity contribution is 5.42. The topological polar surface area (TPSA) is 41.9 Å². The Labute approximate surface area is 210 Å². The molecule has 5 atom stereocenters. The van der Waals surface area contributed by atoms with E-state index >= 15 is 0 Å². The van der Waals surface area contributed by atoms with E-state index in [2.05, 4.69) is 45.0 Å². The molecule has 35 heavy (non-hydrogen) atoms. The average Bonchev–Trinajstić information content (AvgIpc) is 3.15. The highest BCUT2D eigenvalue weighted by atomic mass is 16.5. The lowest BCUT2D eigenvalue weighted by molar-refractivity contribution is 0.0488. The van der Waals surface area contributed by atoms with Crippen molar-refractivity contribution >= 4 is 0 Å². The number of rotatable bonds is 7. The molecule has 2 fully saturated rings. The molecule has 3 aliphatic rings. The molecule has 3 aliphatic carbocycles. The van der Waals surface area contributed by atoms with Gasteiger partial charge < -0.3 is 19.5 Å². The Balaban J connectivity index is 1.28. The van der Waals surface area contributed by atoms with Gasteiger partial charge in [0.2, 0.25) is 0 Å². The van der Waals surface area contributed by atoms with E-state index in [-0.39, 0.29) is 5.41 Å². The first-order chi connectivity index (χ1) is 16.9. The fourth-order valence-corrected chi connectivity index (χ4v) is 7.41. The van der Waals surface area contributed by atoms with Crippen LogP contribution in [0.25, 0.3) is 0 Å². The van der Waals surface area contributed by atoms with E-state index in [1.54, 1.807) is 5.57 Å². The van der Waals surface area contributed by atoms with Crippen LogP contribution in [0.5, 0.6) is 17.2 Å². The summed E-state index contributed by atoms with van der Waals surface area (Å²) in [6.45, 7) is 7.08. The number of hydrogen-bond donors (Lipinski definition) is 1. The fourth-order valence-electron chi connectivity index (χ4n) is 7.41. The summed E-state index contributed by atoms with van der Waals surface area (Å²) in [5.74, 6) is 4.80. The number of hydrogen-bond acceptors (Lipinski definition) is 4. The first kappa shape index (κ1) is 24.2. The molecule has 0 heterocycles. The molecular weight excluding hydrogens is 434 g/mol. The van der Waals surface area contributed by atoms with Gasteiger partial charge >= 0.3 is 0 Å². The molecule has 0 radical (unpaired) electrons. The number of benzene rings is 2. The van der Waals surface area contributed by atoms with Crippen LogP contribution in [-0.2, 0) is 6.42 Å². The number of likely N-dealkylation sites (N-methyl/N-ethyl adjacent to an activating group) is 1. The van der Waals surface area contributed by atoms with Gasteiger partial charge in [-0.2, -0.15) is 0 Å². The molecule has 2 aromatic carbocycles. The largest absolute Gasteiger partial charge is 0.508 e. The molecule has 1 N–H and O–H groups in total. The van der Waals surface area contributed by atoms with Crippen molar-refractivity contribution in [1.82, 2.24) is 4.90 Å². The predicted octanol–water partition coefficient (Wildman–Crippen LogP) is 6.44. The van der Waals surface area contributed by atoms with Crippen LogP contribution in [0.4, 0.5) is 0 Å². The van der Waals surface area contributed by atoms with Crippen LogP contribution < -0.4 is 9.47 Å². The SMILES string of the molecule is CC1Cc2cc(O)ccc2C2CCC3(C)/C(=C/COc4ccccc4OCCN(C)C)CCC3C12. The molecule has 188 valence electrons. The standard InChI is InChI=1S/C31H41NO3/c1-21-19-22-20-24(33)10-11-25(22)26-13-15-31(2)23(9-12-27(31)30(21)26)14-17-34-28-7-5-6-8-29(28)35-18-16-32(3)4/h5-8,10-11,14,20-21,26-27,30,33H,9,12-13,15-19H2,1-4H3/b23-14+. The van der Waals surface area contributed by atoms with Crippen molar-refractivity contribution in [3.63, 3.8) is 0 Å². The second-order valence-corrected chi connectivity index (χ2v) is 11.5. The predicted molar refractivity (Wildman–Crippen MR) is 141 cm³/mol. The van der Waals surface area contributed by atoms with Gasteiger partial charge in [0.15, 0.2) is 11.5 Å². The first-order valence-corrected chi connectivity index (χ1v) is 13.4. The second kappa shape index (κ2) is 9.89. The summed E-state index contributed by atoms with van der Waals surface area (Å²) >= 11 is 0. The Kier molecular flexibility index (Phi) is 6.85. The molecule has 5 rings (SSSR count). The molecule has 5 unspecified atom stereocenters. The van der Waals surface area contributed by atoms with Crippen molar-refractivity contribution in [1.29, 1.82) is 0 Å². The maximum Gasteiger partial charge on any atom is 0.161 e. The molecular formula is C31H41NO3. The van der Waals surface area contributed by atoms with Crippen molar-refractivity contribution in [3.8, 4) is 17.2 Å². The monoisotopic (exact) mass is 475 g/mol. The summed E-state index contributed by atoms with van der Waals surface area (Å²) in [4.78, 5) is 2.12. The van der Waals surface area contributed by atoms with Gasteiger partial charge in [0.25, 0.3) is 0 Å². The van der Waals surface area contributed by atoms with Gasteiger partial charge in [0, 0.05) is 6.54 Å². The smallest absolute Gasteiger partial charge is 0.161 e. The third-order valence-corrected chi connectivity index (χ3v) is 9.12. The van der Waals surface area contributed by atoms with Gasteiger partial charge in [-0.1, -0.05) is 37.6 Å². The zero-order chi connectivity index (χ0) is 24.6. The molecule has 0 saturated heterocycles. The Bertz CT molecular complexity index is 1080. The lowest BCUT2D eigenvalue weighted by Crippen LogP contribution is -2.43. The van der Waals surface area contributed by atoms with E-state index in [0.717, 1.165) is 36.3 Å². The number of ether oxygens (including phenoxy) is 2. The molecule has 0 amide bonds. The van der Waals surface area contributed by atoms with Gasteiger partial charge in [0.1, 0.15) is 19.0 Å². The number of aromatic hydroxyl groups is 1. The molecule has 0 bridgehead atoms. The molecule has 0 aromatic heterocycles. The van der Waals surface area contributed by atoms with Crippen LogP contribution in [-0.4, -0.2) is 43.9 Å². The molecule has 2 aromatic rings.